The molecule has 8 nitrogen and oxygen atoms in total. The van der Waals surface area contributed by atoms with E-state index in [9.17, 15) is 18.5 Å². The predicted octanol–water partition coefficient (Wildman–Crippen LogP) is 2.84. The number of benzene rings is 1. The fraction of sp³-hybridized carbons (Fsp3) is 0.438. The van der Waals surface area contributed by atoms with E-state index in [-0.39, 0.29) is 16.6 Å². The first kappa shape index (κ1) is 18.6. The number of para-hydroxylation sites is 1. The number of piperidine rings is 1. The van der Waals surface area contributed by atoms with Crippen molar-refractivity contribution in [2.75, 3.05) is 29.6 Å². The number of anilines is 2. The van der Waals surface area contributed by atoms with Gasteiger partial charge < -0.3 is 10.2 Å². The number of aryl methyl sites for hydroxylation is 1. The summed E-state index contributed by atoms with van der Waals surface area (Å²) in [6, 6.07) is 4.70. The van der Waals surface area contributed by atoms with Gasteiger partial charge in [0.15, 0.2) is 15.0 Å². The van der Waals surface area contributed by atoms with Gasteiger partial charge in [-0.3, -0.25) is 10.1 Å². The highest BCUT2D eigenvalue weighted by Crippen LogP contribution is 2.36. The molecule has 0 saturated carbocycles. The number of rotatable bonds is 5. The van der Waals surface area contributed by atoms with Gasteiger partial charge in [0.2, 0.25) is 0 Å². The largest absolute Gasteiger partial charge is 0.366 e. The molecule has 1 saturated heterocycles. The Bertz CT molecular complexity index is 918. The van der Waals surface area contributed by atoms with Crippen LogP contribution in [0.4, 0.5) is 16.5 Å². The molecule has 140 valence electrons. The first-order chi connectivity index (χ1) is 12.3. The Morgan fingerprint density at radius 2 is 2.04 bits per heavy atom. The lowest BCUT2D eigenvalue weighted by atomic mass is 10.0. The lowest BCUT2D eigenvalue weighted by molar-refractivity contribution is -0.387. The number of aromatic nitrogens is 1. The van der Waals surface area contributed by atoms with Crippen molar-refractivity contribution in [2.24, 2.45) is 0 Å². The summed E-state index contributed by atoms with van der Waals surface area (Å²) in [6.45, 7) is 3.16. The molecule has 1 aromatic carbocycles. The van der Waals surface area contributed by atoms with Crippen LogP contribution in [-0.4, -0.2) is 43.7 Å². The number of hydrogen-bond donors (Lipinski definition) is 1. The van der Waals surface area contributed by atoms with Gasteiger partial charge in [0.05, 0.1) is 10.6 Å². The average Bonchev–Trinajstić information content (AvgIpc) is 2.99. The Morgan fingerprint density at radius 3 is 2.58 bits per heavy atom. The standard InChI is InChI=1S/C16H20N4O4S2/c1-11-10-25-16(17-11)18-12-6-8-19(9-7-12)13-4-3-5-14(26(2,23)24)15(13)20(21)22/h3-5,10,12H,6-9H2,1-2H3,(H,17,18). The van der Waals surface area contributed by atoms with Gasteiger partial charge in [-0.1, -0.05) is 6.07 Å². The van der Waals surface area contributed by atoms with Crippen LogP contribution in [0, 0.1) is 17.0 Å². The van der Waals surface area contributed by atoms with E-state index in [2.05, 4.69) is 10.3 Å². The molecule has 1 N–H and O–H groups in total. The van der Waals surface area contributed by atoms with E-state index in [1.54, 1.807) is 23.5 Å². The highest BCUT2D eigenvalue weighted by atomic mass is 32.2. The second-order valence-corrected chi connectivity index (χ2v) is 9.20. The fourth-order valence-corrected chi connectivity index (χ4v) is 4.73. The summed E-state index contributed by atoms with van der Waals surface area (Å²) in [6.07, 6.45) is 2.57. The van der Waals surface area contributed by atoms with Gasteiger partial charge in [0.1, 0.15) is 10.6 Å². The molecule has 1 aromatic heterocycles. The van der Waals surface area contributed by atoms with Gasteiger partial charge in [-0.2, -0.15) is 0 Å². The van der Waals surface area contributed by atoms with Crippen molar-refractivity contribution in [1.82, 2.24) is 4.98 Å². The van der Waals surface area contributed by atoms with Crippen LogP contribution in [0.2, 0.25) is 0 Å². The number of nitrogens with one attached hydrogen (secondary N) is 1. The van der Waals surface area contributed by atoms with Crippen molar-refractivity contribution in [3.05, 3.63) is 39.4 Å². The van der Waals surface area contributed by atoms with Gasteiger partial charge >= 0.3 is 5.69 Å². The summed E-state index contributed by atoms with van der Waals surface area (Å²) in [4.78, 5) is 17.0. The Balaban J connectivity index is 1.78. The Kier molecular flexibility index (Phi) is 5.15. The van der Waals surface area contributed by atoms with Crippen molar-refractivity contribution in [1.29, 1.82) is 0 Å². The van der Waals surface area contributed by atoms with E-state index in [1.807, 2.05) is 17.2 Å². The van der Waals surface area contributed by atoms with Crippen molar-refractivity contribution in [3.63, 3.8) is 0 Å². The van der Waals surface area contributed by atoms with E-state index >= 15 is 0 Å². The summed E-state index contributed by atoms with van der Waals surface area (Å²) in [5.74, 6) is 0. The van der Waals surface area contributed by atoms with E-state index in [1.165, 1.54) is 6.07 Å². The maximum Gasteiger partial charge on any atom is 0.311 e. The molecule has 1 aliphatic heterocycles. The minimum absolute atomic E-state index is 0.237. The number of sulfone groups is 1. The van der Waals surface area contributed by atoms with E-state index in [4.69, 9.17) is 0 Å². The molecule has 0 spiro atoms. The minimum Gasteiger partial charge on any atom is -0.366 e. The van der Waals surface area contributed by atoms with Gasteiger partial charge in [-0.05, 0) is 31.9 Å². The molecule has 0 amide bonds. The summed E-state index contributed by atoms with van der Waals surface area (Å²) in [7, 11) is -3.68. The molecule has 0 radical (unpaired) electrons. The third-order valence-electron chi connectivity index (χ3n) is 4.34. The zero-order chi connectivity index (χ0) is 18.9. The maximum atomic E-state index is 11.9. The summed E-state index contributed by atoms with van der Waals surface area (Å²) < 4.78 is 23.8. The number of nitro groups is 1. The molecule has 0 unspecified atom stereocenters. The first-order valence-corrected chi connectivity index (χ1v) is 10.9. The average molecular weight is 396 g/mol. The molecule has 10 heteroatoms. The normalized spacial score (nSPS) is 15.8. The second-order valence-electron chi connectivity index (χ2n) is 6.35. The van der Waals surface area contributed by atoms with E-state index in [0.29, 0.717) is 18.8 Å². The fourth-order valence-electron chi connectivity index (χ4n) is 3.11. The lowest BCUT2D eigenvalue weighted by Crippen LogP contribution is -2.39. The third kappa shape index (κ3) is 3.96. The highest BCUT2D eigenvalue weighted by molar-refractivity contribution is 7.90. The SMILES string of the molecule is Cc1csc(NC2CCN(c3cccc(S(C)(=O)=O)c3[N+](=O)[O-])CC2)n1. The first-order valence-electron chi connectivity index (χ1n) is 8.17. The van der Waals surface area contributed by atoms with Gasteiger partial charge in [-0.15, -0.1) is 11.3 Å². The molecule has 0 aliphatic carbocycles. The molecule has 1 aliphatic rings. The molecule has 1 fully saturated rings. The smallest absolute Gasteiger partial charge is 0.311 e. The van der Waals surface area contributed by atoms with Crippen molar-refractivity contribution < 1.29 is 13.3 Å². The third-order valence-corrected chi connectivity index (χ3v) is 6.36. The van der Waals surface area contributed by atoms with Crippen molar-refractivity contribution >= 4 is 37.7 Å². The summed E-state index contributed by atoms with van der Waals surface area (Å²) in [5.41, 5.74) is 1.00. The summed E-state index contributed by atoms with van der Waals surface area (Å²) >= 11 is 1.56. The van der Waals surface area contributed by atoms with Gasteiger partial charge in [0.25, 0.3) is 0 Å². The summed E-state index contributed by atoms with van der Waals surface area (Å²) in [5, 5.41) is 17.8. The zero-order valence-corrected chi connectivity index (χ0v) is 16.1. The van der Waals surface area contributed by atoms with Crippen LogP contribution in [0.15, 0.2) is 28.5 Å². The molecule has 3 rings (SSSR count). The van der Waals surface area contributed by atoms with E-state index in [0.717, 1.165) is 29.9 Å². The maximum absolute atomic E-state index is 11.9. The highest BCUT2D eigenvalue weighted by Gasteiger charge is 2.30. The Morgan fingerprint density at radius 1 is 1.35 bits per heavy atom. The molecule has 2 aromatic rings. The topological polar surface area (TPSA) is 105 Å². The van der Waals surface area contributed by atoms with Crippen LogP contribution >= 0.6 is 11.3 Å². The van der Waals surface area contributed by atoms with Gasteiger partial charge in [-0.25, -0.2) is 13.4 Å². The molecule has 0 bridgehead atoms. The molecule has 0 atom stereocenters. The van der Waals surface area contributed by atoms with E-state index < -0.39 is 14.8 Å². The lowest BCUT2D eigenvalue weighted by Gasteiger charge is -2.33. The number of nitrogens with zero attached hydrogens (tertiary/aromatic N) is 3. The number of hydrogen-bond acceptors (Lipinski definition) is 8. The number of nitro benzene ring substituents is 1. The van der Waals surface area contributed by atoms with Crippen molar-refractivity contribution in [3.8, 4) is 0 Å². The van der Waals surface area contributed by atoms with Gasteiger partial charge in [0, 0.05) is 30.8 Å². The van der Waals surface area contributed by atoms with Crippen LogP contribution in [0.1, 0.15) is 18.5 Å². The molecular formula is C16H20N4O4S2. The monoisotopic (exact) mass is 396 g/mol. The van der Waals surface area contributed by atoms with Crippen LogP contribution in [0.5, 0.6) is 0 Å². The number of thiazole rings is 1. The molecule has 2 heterocycles. The van der Waals surface area contributed by atoms with Crippen LogP contribution in [-0.2, 0) is 9.84 Å². The molecular weight excluding hydrogens is 376 g/mol. The van der Waals surface area contributed by atoms with Crippen LogP contribution in [0.3, 0.4) is 0 Å². The van der Waals surface area contributed by atoms with Crippen LogP contribution in [0.25, 0.3) is 0 Å². The predicted molar refractivity (Wildman–Crippen MR) is 102 cm³/mol. The van der Waals surface area contributed by atoms with Crippen LogP contribution < -0.4 is 10.2 Å². The minimum atomic E-state index is -3.68. The Hall–Kier alpha value is -2.20. The Labute approximate surface area is 155 Å². The van der Waals surface area contributed by atoms with Crippen molar-refractivity contribution in [2.45, 2.75) is 30.7 Å². The molecule has 26 heavy (non-hydrogen) atoms. The zero-order valence-electron chi connectivity index (χ0n) is 14.5. The quantitative estimate of drug-likeness (QED) is 0.612. The second kappa shape index (κ2) is 7.20.